The van der Waals surface area contributed by atoms with E-state index >= 15 is 0 Å². The van der Waals surface area contributed by atoms with E-state index in [1.54, 1.807) is 19.1 Å². The van der Waals surface area contributed by atoms with Crippen LogP contribution in [0.3, 0.4) is 0 Å². The van der Waals surface area contributed by atoms with Gasteiger partial charge < -0.3 is 10.4 Å². The number of hydrogen-bond acceptors (Lipinski definition) is 3. The maximum Gasteiger partial charge on any atom is 0.486 e. The summed E-state index contributed by atoms with van der Waals surface area (Å²) in [7, 11) is 0. The smallest absolute Gasteiger partial charge is 0.486 e. The number of hydrogen-bond donors (Lipinski definition) is 0. The molecule has 0 amide bonds. The van der Waals surface area contributed by atoms with Gasteiger partial charge in [0.15, 0.2) is 0 Å². The maximum absolute atomic E-state index is 13.5. The zero-order chi connectivity index (χ0) is 19.2. The van der Waals surface area contributed by atoms with Crippen LogP contribution in [-0.4, -0.2) is 4.86 Å². The number of aromatic nitrogens is 2. The lowest BCUT2D eigenvalue weighted by atomic mass is 10.1. The molecule has 0 aliphatic carbocycles. The Labute approximate surface area is 150 Å². The highest BCUT2D eigenvalue weighted by molar-refractivity contribution is 7.81. The first-order chi connectivity index (χ1) is 12.1. The van der Waals surface area contributed by atoms with Crippen LogP contribution in [0.2, 0.25) is 0 Å². The molecule has 3 rings (SSSR count). The average molecular weight is 382 g/mol. The van der Waals surface area contributed by atoms with Crippen molar-refractivity contribution in [2.75, 3.05) is 0 Å². The highest BCUT2D eigenvalue weighted by atomic mass is 32.1. The summed E-state index contributed by atoms with van der Waals surface area (Å²) in [5, 5.41) is 24.9. The summed E-state index contributed by atoms with van der Waals surface area (Å²) in [6.07, 6.45) is -5.14. The van der Waals surface area contributed by atoms with Crippen molar-refractivity contribution in [2.45, 2.75) is 13.1 Å². The fourth-order valence-electron chi connectivity index (χ4n) is 2.56. The van der Waals surface area contributed by atoms with E-state index < -0.39 is 44.0 Å². The van der Waals surface area contributed by atoms with Gasteiger partial charge in [0.2, 0.25) is 0 Å². The van der Waals surface area contributed by atoms with Crippen molar-refractivity contribution < 1.29 is 27.0 Å². The third-order valence-electron chi connectivity index (χ3n) is 3.80. The van der Waals surface area contributed by atoms with Crippen LogP contribution >= 0.6 is 12.2 Å². The van der Waals surface area contributed by atoms with Crippen LogP contribution in [0.5, 0.6) is 0 Å². The molecule has 0 atom stereocenters. The predicted octanol–water partition coefficient (Wildman–Crippen LogP) is 3.34. The molecule has 0 spiro atoms. The van der Waals surface area contributed by atoms with Crippen LogP contribution in [0.4, 0.5) is 17.6 Å². The van der Waals surface area contributed by atoms with Gasteiger partial charge in [0.1, 0.15) is 10.7 Å². The van der Waals surface area contributed by atoms with Crippen LogP contribution in [0, 0.1) is 23.2 Å². The van der Waals surface area contributed by atoms with E-state index in [0.717, 1.165) is 17.7 Å². The number of thiocarbonyl (C=S) groups is 1. The summed E-state index contributed by atoms with van der Waals surface area (Å²) in [6.45, 7) is 1.77. The van der Waals surface area contributed by atoms with Gasteiger partial charge in [-0.15, -0.1) is 4.73 Å². The maximum atomic E-state index is 13.5. The van der Waals surface area contributed by atoms with Gasteiger partial charge in [0.05, 0.1) is 6.07 Å². The van der Waals surface area contributed by atoms with Gasteiger partial charge in [-0.25, -0.2) is 4.39 Å². The molecule has 2 aromatic carbocycles. The lowest BCUT2D eigenvalue weighted by Crippen LogP contribution is -2.50. The van der Waals surface area contributed by atoms with Gasteiger partial charge in [0, 0.05) is 6.07 Å². The molecular weight excluding hydrogens is 372 g/mol. The van der Waals surface area contributed by atoms with Gasteiger partial charge in [-0.1, -0.05) is 42.0 Å². The molecule has 134 valence electrons. The van der Waals surface area contributed by atoms with Crippen molar-refractivity contribution in [3.63, 3.8) is 0 Å². The molecule has 0 bridgehead atoms. The van der Waals surface area contributed by atoms with Crippen molar-refractivity contribution >= 4 is 28.1 Å². The van der Waals surface area contributed by atoms with Crippen LogP contribution in [0.25, 0.3) is 11.0 Å². The van der Waals surface area contributed by atoms with E-state index in [9.17, 15) is 28.0 Å². The molecule has 0 fully saturated rings. The fourth-order valence-corrected chi connectivity index (χ4v) is 2.87. The Morgan fingerprint density at radius 2 is 1.58 bits per heavy atom. The van der Waals surface area contributed by atoms with Crippen LogP contribution in [0.1, 0.15) is 22.5 Å². The Morgan fingerprint density at radius 3 is 2.15 bits per heavy atom. The Morgan fingerprint density at radius 1 is 0.962 bits per heavy atom. The Kier molecular flexibility index (Phi) is 4.27. The highest BCUT2D eigenvalue weighted by Gasteiger charge is 2.50. The third kappa shape index (κ3) is 2.94. The molecule has 0 saturated heterocycles. The van der Waals surface area contributed by atoms with Crippen LogP contribution in [-0.2, 0) is 6.18 Å². The Bertz CT molecular complexity index is 1030. The van der Waals surface area contributed by atoms with Gasteiger partial charge in [-0.3, -0.25) is 0 Å². The minimum absolute atomic E-state index is 0.141. The van der Waals surface area contributed by atoms with Crippen molar-refractivity contribution in [1.82, 2.24) is 0 Å². The number of fused-ring (bicyclic) bond motifs is 1. The largest absolute Gasteiger partial charge is 0.618 e. The van der Waals surface area contributed by atoms with Crippen molar-refractivity contribution in [3.05, 3.63) is 81.2 Å². The lowest BCUT2D eigenvalue weighted by Gasteiger charge is -2.15. The molecule has 4 nitrogen and oxygen atoms in total. The first-order valence-corrected chi connectivity index (χ1v) is 7.69. The average Bonchev–Trinajstić information content (AvgIpc) is 2.56. The van der Waals surface area contributed by atoms with E-state index in [1.807, 2.05) is 0 Å². The first kappa shape index (κ1) is 18.0. The molecule has 0 N–H and O–H groups in total. The number of alkyl halides is 3. The van der Waals surface area contributed by atoms with E-state index in [2.05, 4.69) is 0 Å². The SMILES string of the molecule is Cc1ccc(C(=S)c2c(C(F)(F)F)[n+]([O-])c3ccc(F)cc3[n+]2[O-])cc1. The first-order valence-electron chi connectivity index (χ1n) is 7.28. The second-order valence-corrected chi connectivity index (χ2v) is 6.02. The van der Waals surface area contributed by atoms with E-state index in [4.69, 9.17) is 12.2 Å². The molecule has 0 saturated carbocycles. The predicted molar refractivity (Wildman–Crippen MR) is 88.8 cm³/mol. The zero-order valence-corrected chi connectivity index (χ0v) is 14.0. The lowest BCUT2D eigenvalue weighted by molar-refractivity contribution is -0.646. The molecule has 1 aromatic heterocycles. The van der Waals surface area contributed by atoms with Crippen LogP contribution < -0.4 is 9.46 Å². The molecular formula is C17H10F4N2O2S. The van der Waals surface area contributed by atoms with Gasteiger partial charge in [-0.05, 0) is 18.6 Å². The monoisotopic (exact) mass is 382 g/mol. The van der Waals surface area contributed by atoms with E-state index in [-0.39, 0.29) is 10.3 Å². The summed E-state index contributed by atoms with van der Waals surface area (Å²) < 4.78 is 53.5. The van der Waals surface area contributed by atoms with Gasteiger partial charge in [-0.2, -0.15) is 17.9 Å². The number of halogens is 4. The molecule has 0 aliphatic rings. The summed E-state index contributed by atoms with van der Waals surface area (Å²) in [6, 6.07) is 8.42. The molecule has 1 heterocycles. The molecule has 9 heteroatoms. The number of benzene rings is 2. The Balaban J connectivity index is 2.40. The highest BCUT2D eigenvalue weighted by Crippen LogP contribution is 2.30. The van der Waals surface area contributed by atoms with Crippen molar-refractivity contribution in [3.8, 4) is 0 Å². The minimum atomic E-state index is -5.14. The normalized spacial score (nSPS) is 11.7. The molecule has 3 aromatic rings. The summed E-state index contributed by atoms with van der Waals surface area (Å²) in [5.74, 6) is -0.867. The summed E-state index contributed by atoms with van der Waals surface area (Å²) >= 11 is 5.06. The third-order valence-corrected chi connectivity index (χ3v) is 4.23. The second kappa shape index (κ2) is 6.17. The molecule has 0 aliphatic heterocycles. The fraction of sp³-hybridized carbons (Fsp3) is 0.118. The number of nitrogens with zero attached hydrogens (tertiary/aromatic N) is 2. The Hall–Kier alpha value is -2.81. The standard InChI is InChI=1S/C17H10F4N2O2S/c1-9-2-4-10(5-3-9)15(26)14-16(17(19,20)21)23(25)12-7-6-11(18)8-13(12)22(14)24/h2-8H,1H3. The van der Waals surface area contributed by atoms with Crippen molar-refractivity contribution in [2.24, 2.45) is 0 Å². The molecule has 26 heavy (non-hydrogen) atoms. The molecule has 0 unspecified atom stereocenters. The van der Waals surface area contributed by atoms with Gasteiger partial charge in [0.25, 0.3) is 11.0 Å². The minimum Gasteiger partial charge on any atom is -0.618 e. The molecule has 0 radical (unpaired) electrons. The van der Waals surface area contributed by atoms with Gasteiger partial charge >= 0.3 is 17.6 Å². The quantitative estimate of drug-likeness (QED) is 0.225. The van der Waals surface area contributed by atoms with Crippen molar-refractivity contribution in [1.29, 1.82) is 0 Å². The summed E-state index contributed by atoms with van der Waals surface area (Å²) in [5.41, 5.74) is -2.93. The number of rotatable bonds is 2. The van der Waals surface area contributed by atoms with Crippen LogP contribution in [0.15, 0.2) is 42.5 Å². The summed E-state index contributed by atoms with van der Waals surface area (Å²) in [4.78, 5) is -0.455. The van der Waals surface area contributed by atoms with E-state index in [0.29, 0.717) is 6.07 Å². The zero-order valence-electron chi connectivity index (χ0n) is 13.2. The topological polar surface area (TPSA) is 53.9 Å². The second-order valence-electron chi connectivity index (χ2n) is 5.61. The number of aryl methyl sites for hydroxylation is 1. The van der Waals surface area contributed by atoms with E-state index in [1.165, 1.54) is 12.1 Å².